The zero-order chi connectivity index (χ0) is 14.3. The summed E-state index contributed by atoms with van der Waals surface area (Å²) in [5.41, 5.74) is 4.52. The number of rotatable bonds is 4. The number of aromatic nitrogens is 2. The van der Waals surface area contributed by atoms with Gasteiger partial charge in [-0.3, -0.25) is 0 Å². The highest BCUT2D eigenvalue weighted by Gasteiger charge is 2.42. The van der Waals surface area contributed by atoms with Crippen molar-refractivity contribution in [2.45, 2.75) is 45.7 Å². The zero-order valence-corrected chi connectivity index (χ0v) is 12.7. The first-order valence-corrected chi connectivity index (χ1v) is 8.16. The molecule has 21 heavy (non-hydrogen) atoms. The molecule has 3 nitrogen and oxygen atoms in total. The van der Waals surface area contributed by atoms with Crippen molar-refractivity contribution in [1.29, 1.82) is 0 Å². The number of benzene rings is 1. The van der Waals surface area contributed by atoms with Crippen molar-refractivity contribution in [1.82, 2.24) is 14.9 Å². The number of nitrogens with one attached hydrogen (secondary N) is 1. The first-order chi connectivity index (χ1) is 10.3. The van der Waals surface area contributed by atoms with E-state index < -0.39 is 0 Å². The third-order valence-electron chi connectivity index (χ3n) is 5.22. The van der Waals surface area contributed by atoms with E-state index in [1.54, 1.807) is 0 Å². The Labute approximate surface area is 126 Å². The van der Waals surface area contributed by atoms with Crippen molar-refractivity contribution in [3.05, 3.63) is 41.7 Å². The molecular weight excluding hydrogens is 258 g/mol. The lowest BCUT2D eigenvalue weighted by Gasteiger charge is -2.20. The standard InChI is InChI=1S/C18H23N3/c1-2-18(9-10-18)13-21-16-8-11-19-12-15(16)20-17(21)14-6-4-3-5-7-14/h3-7,19H,2,8-13H2,1H3. The second-order valence-corrected chi connectivity index (χ2v) is 6.56. The molecular formula is C18H23N3. The Morgan fingerprint density at radius 1 is 1.24 bits per heavy atom. The van der Waals surface area contributed by atoms with Gasteiger partial charge in [0.05, 0.1) is 5.69 Å². The quantitative estimate of drug-likeness (QED) is 0.931. The fourth-order valence-corrected chi connectivity index (χ4v) is 3.48. The molecule has 0 unspecified atom stereocenters. The first-order valence-electron chi connectivity index (χ1n) is 8.16. The van der Waals surface area contributed by atoms with Crippen molar-refractivity contribution >= 4 is 0 Å². The Kier molecular flexibility index (Phi) is 3.11. The van der Waals surface area contributed by atoms with Gasteiger partial charge >= 0.3 is 0 Å². The van der Waals surface area contributed by atoms with E-state index in [2.05, 4.69) is 47.1 Å². The van der Waals surface area contributed by atoms with E-state index in [0.29, 0.717) is 5.41 Å². The van der Waals surface area contributed by atoms with E-state index in [1.807, 2.05) is 0 Å². The molecule has 1 aliphatic heterocycles. The summed E-state index contributed by atoms with van der Waals surface area (Å²) >= 11 is 0. The fraction of sp³-hybridized carbons (Fsp3) is 0.500. The summed E-state index contributed by atoms with van der Waals surface area (Å²) in [5.74, 6) is 1.17. The highest BCUT2D eigenvalue weighted by molar-refractivity contribution is 5.57. The van der Waals surface area contributed by atoms with Gasteiger partial charge in [0.1, 0.15) is 5.82 Å². The van der Waals surface area contributed by atoms with Gasteiger partial charge < -0.3 is 9.88 Å². The minimum atomic E-state index is 0.545. The van der Waals surface area contributed by atoms with Gasteiger partial charge in [-0.25, -0.2) is 4.98 Å². The van der Waals surface area contributed by atoms with Crippen LogP contribution in [-0.4, -0.2) is 16.1 Å². The van der Waals surface area contributed by atoms with Crippen LogP contribution in [0.3, 0.4) is 0 Å². The smallest absolute Gasteiger partial charge is 0.140 e. The molecule has 2 aromatic rings. The Hall–Kier alpha value is -1.61. The average Bonchev–Trinajstić information content (AvgIpc) is 3.23. The summed E-state index contributed by atoms with van der Waals surface area (Å²) in [7, 11) is 0. The van der Waals surface area contributed by atoms with Gasteiger partial charge in [0.15, 0.2) is 0 Å². The third-order valence-corrected chi connectivity index (χ3v) is 5.22. The molecule has 0 saturated heterocycles. The summed E-state index contributed by atoms with van der Waals surface area (Å²) in [6.07, 6.45) is 5.15. The van der Waals surface area contributed by atoms with Crippen molar-refractivity contribution in [2.75, 3.05) is 6.54 Å². The van der Waals surface area contributed by atoms with Gasteiger partial charge in [0, 0.05) is 37.3 Å². The Bertz CT molecular complexity index is 638. The summed E-state index contributed by atoms with van der Waals surface area (Å²) in [4.78, 5) is 4.97. The highest BCUT2D eigenvalue weighted by atomic mass is 15.1. The van der Waals surface area contributed by atoms with Crippen LogP contribution < -0.4 is 5.32 Å². The molecule has 0 spiro atoms. The summed E-state index contributed by atoms with van der Waals surface area (Å²) in [6.45, 7) is 5.48. The number of nitrogens with zero attached hydrogens (tertiary/aromatic N) is 2. The number of hydrogen-bond donors (Lipinski definition) is 1. The van der Waals surface area contributed by atoms with E-state index >= 15 is 0 Å². The minimum absolute atomic E-state index is 0.545. The molecule has 4 rings (SSSR count). The molecule has 2 heterocycles. The normalized spacial score (nSPS) is 19.3. The van der Waals surface area contributed by atoms with Crippen molar-refractivity contribution in [2.24, 2.45) is 5.41 Å². The predicted octanol–water partition coefficient (Wildman–Crippen LogP) is 3.39. The second-order valence-electron chi connectivity index (χ2n) is 6.56. The van der Waals surface area contributed by atoms with Crippen LogP contribution in [-0.2, 0) is 19.5 Å². The van der Waals surface area contributed by atoms with Crippen LogP contribution in [0.4, 0.5) is 0 Å². The molecule has 1 aliphatic carbocycles. The molecule has 3 heteroatoms. The lowest BCUT2D eigenvalue weighted by molar-refractivity contribution is 0.401. The Morgan fingerprint density at radius 3 is 2.76 bits per heavy atom. The lowest BCUT2D eigenvalue weighted by atomic mass is 10.0. The van der Waals surface area contributed by atoms with Crippen molar-refractivity contribution in [3.8, 4) is 11.4 Å². The topological polar surface area (TPSA) is 29.9 Å². The molecule has 110 valence electrons. The zero-order valence-electron chi connectivity index (χ0n) is 12.7. The van der Waals surface area contributed by atoms with Gasteiger partial charge in [-0.2, -0.15) is 0 Å². The minimum Gasteiger partial charge on any atom is -0.327 e. The van der Waals surface area contributed by atoms with Crippen LogP contribution >= 0.6 is 0 Å². The molecule has 1 aromatic carbocycles. The molecule has 0 amide bonds. The second kappa shape index (κ2) is 4.99. The van der Waals surface area contributed by atoms with Gasteiger partial charge in [0.25, 0.3) is 0 Å². The van der Waals surface area contributed by atoms with Crippen LogP contribution in [0.15, 0.2) is 30.3 Å². The number of hydrogen-bond acceptors (Lipinski definition) is 2. The van der Waals surface area contributed by atoms with Gasteiger partial charge in [-0.1, -0.05) is 37.3 Å². The van der Waals surface area contributed by atoms with Crippen LogP contribution in [0.5, 0.6) is 0 Å². The largest absolute Gasteiger partial charge is 0.327 e. The fourth-order valence-electron chi connectivity index (χ4n) is 3.48. The predicted molar refractivity (Wildman–Crippen MR) is 85.0 cm³/mol. The maximum absolute atomic E-state index is 4.97. The van der Waals surface area contributed by atoms with Gasteiger partial charge in [-0.05, 0) is 24.7 Å². The van der Waals surface area contributed by atoms with E-state index in [0.717, 1.165) is 26.1 Å². The van der Waals surface area contributed by atoms with E-state index in [1.165, 1.54) is 42.0 Å². The van der Waals surface area contributed by atoms with Gasteiger partial charge in [-0.15, -0.1) is 0 Å². The molecule has 0 radical (unpaired) electrons. The monoisotopic (exact) mass is 281 g/mol. The molecule has 1 aromatic heterocycles. The Balaban J connectivity index is 1.80. The molecule has 0 atom stereocenters. The SMILES string of the molecule is CCC1(Cn2c(-c3ccccc3)nc3c2CCNC3)CC1. The van der Waals surface area contributed by atoms with Gasteiger partial charge in [0.2, 0.25) is 0 Å². The number of fused-ring (bicyclic) bond motifs is 1. The average molecular weight is 281 g/mol. The van der Waals surface area contributed by atoms with Crippen LogP contribution in [0.25, 0.3) is 11.4 Å². The van der Waals surface area contributed by atoms with Crippen LogP contribution in [0, 0.1) is 5.41 Å². The summed E-state index contributed by atoms with van der Waals surface area (Å²) in [5, 5.41) is 3.45. The van der Waals surface area contributed by atoms with E-state index in [-0.39, 0.29) is 0 Å². The molecule has 0 bridgehead atoms. The first kappa shape index (κ1) is 13.1. The molecule has 1 saturated carbocycles. The number of imidazole rings is 1. The molecule has 1 fully saturated rings. The van der Waals surface area contributed by atoms with Crippen LogP contribution in [0.2, 0.25) is 0 Å². The maximum Gasteiger partial charge on any atom is 0.140 e. The van der Waals surface area contributed by atoms with E-state index in [4.69, 9.17) is 4.98 Å². The summed E-state index contributed by atoms with van der Waals surface area (Å²) < 4.78 is 2.53. The van der Waals surface area contributed by atoms with E-state index in [9.17, 15) is 0 Å². The third kappa shape index (κ3) is 2.30. The molecule has 2 aliphatic rings. The van der Waals surface area contributed by atoms with Crippen molar-refractivity contribution < 1.29 is 0 Å². The lowest BCUT2D eigenvalue weighted by Crippen LogP contribution is -2.26. The maximum atomic E-state index is 4.97. The van der Waals surface area contributed by atoms with Crippen molar-refractivity contribution in [3.63, 3.8) is 0 Å². The highest BCUT2D eigenvalue weighted by Crippen LogP contribution is 2.50. The molecule has 1 N–H and O–H groups in total. The summed E-state index contributed by atoms with van der Waals surface area (Å²) in [6, 6.07) is 10.7. The Morgan fingerprint density at radius 2 is 2.05 bits per heavy atom. The van der Waals surface area contributed by atoms with Crippen LogP contribution in [0.1, 0.15) is 37.6 Å².